The second-order valence-corrected chi connectivity index (χ2v) is 5.42. The van der Waals surface area contributed by atoms with Gasteiger partial charge in [-0.05, 0) is 24.3 Å². The summed E-state index contributed by atoms with van der Waals surface area (Å²) in [5, 5.41) is 3.09. The number of methoxy groups -OCH3 is 2. The van der Waals surface area contributed by atoms with Crippen LogP contribution in [0.25, 0.3) is 0 Å². The van der Waals surface area contributed by atoms with Gasteiger partial charge in [-0.25, -0.2) is 4.79 Å². The van der Waals surface area contributed by atoms with Crippen LogP contribution in [0.3, 0.4) is 0 Å². The number of ether oxygens (including phenoxy) is 4. The highest BCUT2D eigenvalue weighted by atomic mass is 16.7. The zero-order chi connectivity index (χ0) is 19.4. The van der Waals surface area contributed by atoms with Gasteiger partial charge in [0, 0.05) is 19.1 Å². The number of carbonyl (C=O) groups is 2. The third-order valence-corrected chi connectivity index (χ3v) is 3.61. The maximum atomic E-state index is 12.5. The number of anilines is 1. The molecule has 9 nitrogen and oxygen atoms in total. The Labute approximate surface area is 155 Å². The fourth-order valence-corrected chi connectivity index (χ4v) is 2.39. The summed E-state index contributed by atoms with van der Waals surface area (Å²) in [5.41, 5.74) is 0.273. The summed E-state index contributed by atoms with van der Waals surface area (Å²) in [5.74, 6) is 1.67. The maximum Gasteiger partial charge on any atom is 0.362 e. The molecule has 2 aromatic rings. The van der Waals surface area contributed by atoms with Crippen LogP contribution in [0.1, 0.15) is 6.92 Å². The van der Waals surface area contributed by atoms with Gasteiger partial charge in [0.2, 0.25) is 12.7 Å². The molecule has 1 N–H and O–H groups in total. The molecule has 9 heteroatoms. The molecule has 27 heavy (non-hydrogen) atoms. The SMILES string of the molecule is COc1ccc(N(Oc2ccc3c(c2)OCO3)C(=O)NC(C)=O)c(OC)c1. The fourth-order valence-electron chi connectivity index (χ4n) is 2.39. The van der Waals surface area contributed by atoms with Crippen LogP contribution in [0.5, 0.6) is 28.7 Å². The van der Waals surface area contributed by atoms with Crippen molar-refractivity contribution in [3.8, 4) is 28.7 Å². The van der Waals surface area contributed by atoms with Gasteiger partial charge in [0.15, 0.2) is 17.2 Å². The number of hydroxylamine groups is 1. The first-order chi connectivity index (χ1) is 13.0. The van der Waals surface area contributed by atoms with Crippen molar-refractivity contribution in [1.29, 1.82) is 0 Å². The Bertz CT molecular complexity index is 869. The van der Waals surface area contributed by atoms with Crippen molar-refractivity contribution < 1.29 is 33.4 Å². The molecule has 0 saturated carbocycles. The summed E-state index contributed by atoms with van der Waals surface area (Å²) < 4.78 is 21.1. The molecule has 0 spiro atoms. The normalized spacial score (nSPS) is 11.5. The smallest absolute Gasteiger partial charge is 0.362 e. The van der Waals surface area contributed by atoms with E-state index in [0.29, 0.717) is 28.7 Å². The first-order valence-corrected chi connectivity index (χ1v) is 7.93. The van der Waals surface area contributed by atoms with Gasteiger partial charge in [-0.2, -0.15) is 0 Å². The molecule has 0 bridgehead atoms. The molecule has 1 aliphatic heterocycles. The van der Waals surface area contributed by atoms with Crippen molar-refractivity contribution in [2.45, 2.75) is 6.92 Å². The molecule has 0 saturated heterocycles. The summed E-state index contributed by atoms with van der Waals surface area (Å²) in [6.45, 7) is 1.33. The molecule has 0 radical (unpaired) electrons. The zero-order valence-corrected chi connectivity index (χ0v) is 15.0. The van der Waals surface area contributed by atoms with Crippen LogP contribution in [0.2, 0.25) is 0 Å². The van der Waals surface area contributed by atoms with E-state index in [2.05, 4.69) is 5.32 Å². The predicted molar refractivity (Wildman–Crippen MR) is 94.4 cm³/mol. The lowest BCUT2D eigenvalue weighted by atomic mass is 10.2. The summed E-state index contributed by atoms with van der Waals surface area (Å²) in [7, 11) is 2.96. The molecular formula is C18H18N2O7. The number of hydrogen-bond acceptors (Lipinski definition) is 7. The average Bonchev–Trinajstić information content (AvgIpc) is 3.12. The minimum Gasteiger partial charge on any atom is -0.497 e. The summed E-state index contributed by atoms with van der Waals surface area (Å²) in [6.07, 6.45) is 0. The van der Waals surface area contributed by atoms with Crippen LogP contribution in [-0.4, -0.2) is 33.0 Å². The van der Waals surface area contributed by atoms with E-state index in [4.69, 9.17) is 23.8 Å². The van der Waals surface area contributed by atoms with Crippen LogP contribution in [-0.2, 0) is 4.79 Å². The van der Waals surface area contributed by atoms with E-state index in [1.165, 1.54) is 21.1 Å². The number of amides is 3. The number of benzene rings is 2. The largest absolute Gasteiger partial charge is 0.497 e. The number of nitrogens with one attached hydrogen (secondary N) is 1. The van der Waals surface area contributed by atoms with Crippen molar-refractivity contribution in [2.75, 3.05) is 26.1 Å². The lowest BCUT2D eigenvalue weighted by Crippen LogP contribution is -2.44. The van der Waals surface area contributed by atoms with Crippen molar-refractivity contribution in [2.24, 2.45) is 0 Å². The van der Waals surface area contributed by atoms with Crippen LogP contribution in [0.15, 0.2) is 36.4 Å². The van der Waals surface area contributed by atoms with E-state index in [9.17, 15) is 9.59 Å². The lowest BCUT2D eigenvalue weighted by molar-refractivity contribution is -0.117. The van der Waals surface area contributed by atoms with Gasteiger partial charge >= 0.3 is 6.03 Å². The van der Waals surface area contributed by atoms with E-state index in [1.807, 2.05) is 0 Å². The van der Waals surface area contributed by atoms with Crippen LogP contribution >= 0.6 is 0 Å². The molecular weight excluding hydrogens is 356 g/mol. The fraction of sp³-hybridized carbons (Fsp3) is 0.222. The predicted octanol–water partition coefficient (Wildman–Crippen LogP) is 2.49. The van der Waals surface area contributed by atoms with E-state index < -0.39 is 11.9 Å². The molecule has 2 aromatic carbocycles. The number of urea groups is 1. The molecule has 0 aliphatic carbocycles. The van der Waals surface area contributed by atoms with Crippen LogP contribution in [0, 0.1) is 0 Å². The van der Waals surface area contributed by atoms with Crippen LogP contribution in [0.4, 0.5) is 10.5 Å². The topological polar surface area (TPSA) is 95.6 Å². The summed E-state index contributed by atoms with van der Waals surface area (Å²) >= 11 is 0. The van der Waals surface area contributed by atoms with E-state index in [-0.39, 0.29) is 12.5 Å². The monoisotopic (exact) mass is 374 g/mol. The number of fused-ring (bicyclic) bond motifs is 1. The van der Waals surface area contributed by atoms with Gasteiger partial charge in [0.05, 0.1) is 14.2 Å². The molecule has 3 rings (SSSR count). The lowest BCUT2D eigenvalue weighted by Gasteiger charge is -2.24. The quantitative estimate of drug-likeness (QED) is 0.803. The first kappa shape index (κ1) is 18.2. The molecule has 1 aliphatic rings. The summed E-state index contributed by atoms with van der Waals surface area (Å²) in [6, 6.07) is 8.85. The van der Waals surface area contributed by atoms with E-state index in [0.717, 1.165) is 5.06 Å². The summed E-state index contributed by atoms with van der Waals surface area (Å²) in [4.78, 5) is 29.6. The van der Waals surface area contributed by atoms with Crippen molar-refractivity contribution in [3.05, 3.63) is 36.4 Å². The number of imide groups is 1. The average molecular weight is 374 g/mol. The Morgan fingerprint density at radius 3 is 2.44 bits per heavy atom. The third-order valence-electron chi connectivity index (χ3n) is 3.61. The highest BCUT2D eigenvalue weighted by Crippen LogP contribution is 2.37. The van der Waals surface area contributed by atoms with Gasteiger partial charge in [-0.3, -0.25) is 10.1 Å². The minimum absolute atomic E-state index is 0.111. The van der Waals surface area contributed by atoms with Gasteiger partial charge < -0.3 is 23.8 Å². The van der Waals surface area contributed by atoms with Crippen LogP contribution < -0.4 is 34.2 Å². The third kappa shape index (κ3) is 3.97. The molecule has 1 heterocycles. The molecule has 142 valence electrons. The molecule has 0 unspecified atom stereocenters. The number of carbonyl (C=O) groups excluding carboxylic acids is 2. The molecule has 0 fully saturated rings. The van der Waals surface area contributed by atoms with Gasteiger partial charge in [0.25, 0.3) is 0 Å². The van der Waals surface area contributed by atoms with Crippen molar-refractivity contribution >= 4 is 17.6 Å². The minimum atomic E-state index is -0.788. The van der Waals surface area contributed by atoms with Gasteiger partial charge in [-0.15, -0.1) is 5.06 Å². The highest BCUT2D eigenvalue weighted by molar-refractivity contribution is 6.01. The number of hydrogen-bond donors (Lipinski definition) is 1. The Morgan fingerprint density at radius 1 is 1.00 bits per heavy atom. The standard InChI is InChI=1S/C18H18N2O7/c1-11(21)19-18(22)20(14-6-4-12(23-2)8-16(14)24-3)27-13-5-7-15-17(9-13)26-10-25-15/h4-9H,10H2,1-3H3,(H,19,21,22). The van der Waals surface area contributed by atoms with Gasteiger partial charge in [0.1, 0.15) is 17.2 Å². The maximum absolute atomic E-state index is 12.5. The zero-order valence-electron chi connectivity index (χ0n) is 15.0. The number of rotatable bonds is 5. The van der Waals surface area contributed by atoms with E-state index in [1.54, 1.807) is 36.4 Å². The Balaban J connectivity index is 1.96. The molecule has 3 amide bonds. The van der Waals surface area contributed by atoms with Gasteiger partial charge in [-0.1, -0.05) is 0 Å². The second-order valence-electron chi connectivity index (χ2n) is 5.42. The second kappa shape index (κ2) is 7.73. The Kier molecular flexibility index (Phi) is 5.20. The van der Waals surface area contributed by atoms with Crippen molar-refractivity contribution in [3.63, 3.8) is 0 Å². The Morgan fingerprint density at radius 2 is 1.74 bits per heavy atom. The number of nitrogens with zero attached hydrogens (tertiary/aromatic N) is 1. The first-order valence-electron chi connectivity index (χ1n) is 7.93. The Hall–Kier alpha value is -3.62. The molecule has 0 atom stereocenters. The van der Waals surface area contributed by atoms with Crippen molar-refractivity contribution in [1.82, 2.24) is 5.32 Å². The highest BCUT2D eigenvalue weighted by Gasteiger charge is 2.25. The van der Waals surface area contributed by atoms with E-state index >= 15 is 0 Å². The molecule has 0 aromatic heterocycles.